The van der Waals surface area contributed by atoms with Crippen molar-refractivity contribution in [3.05, 3.63) is 78.8 Å². The molecule has 5 aromatic rings. The molecule has 7 heteroatoms. The highest BCUT2D eigenvalue weighted by atomic mass is 16.5. The first kappa shape index (κ1) is 22.6. The monoisotopic (exact) mass is 466 g/mol. The van der Waals surface area contributed by atoms with E-state index in [1.807, 2.05) is 60.9 Å². The molecule has 176 valence electrons. The second kappa shape index (κ2) is 9.95. The number of pyridine rings is 2. The molecule has 5 rings (SSSR count). The average Bonchev–Trinajstić information content (AvgIpc) is 3.29. The normalized spacial score (nSPS) is 11.1. The zero-order chi connectivity index (χ0) is 24.2. The van der Waals surface area contributed by atoms with Gasteiger partial charge in [0, 0.05) is 65.6 Å². The maximum atomic E-state index is 12.5. The number of benzene rings is 2. The molecule has 0 unspecified atom stereocenters. The van der Waals surface area contributed by atoms with E-state index in [0.717, 1.165) is 56.4 Å². The molecule has 0 saturated heterocycles. The molecule has 7 nitrogen and oxygen atoms in total. The fourth-order valence-corrected chi connectivity index (χ4v) is 4.31. The molecule has 0 aliphatic carbocycles. The van der Waals surface area contributed by atoms with Gasteiger partial charge in [0.15, 0.2) is 0 Å². The first-order valence-electron chi connectivity index (χ1n) is 11.5. The third-order valence-electron chi connectivity index (χ3n) is 6.03. The topological polar surface area (TPSA) is 89.1 Å². The van der Waals surface area contributed by atoms with Crippen LogP contribution in [0.2, 0.25) is 0 Å². The van der Waals surface area contributed by atoms with E-state index in [1.54, 1.807) is 20.4 Å². The van der Waals surface area contributed by atoms with Gasteiger partial charge in [0.2, 0.25) is 0 Å². The van der Waals surface area contributed by atoms with Crippen molar-refractivity contribution in [1.82, 2.24) is 20.3 Å². The molecule has 0 bridgehead atoms. The molecule has 1 amide bonds. The minimum Gasteiger partial charge on any atom is -0.496 e. The number of methoxy groups -OCH3 is 2. The van der Waals surface area contributed by atoms with Gasteiger partial charge in [-0.05, 0) is 54.4 Å². The van der Waals surface area contributed by atoms with Crippen LogP contribution >= 0.6 is 0 Å². The second-order valence-corrected chi connectivity index (χ2v) is 8.23. The summed E-state index contributed by atoms with van der Waals surface area (Å²) in [5.41, 5.74) is 6.26. The van der Waals surface area contributed by atoms with Gasteiger partial charge in [0.05, 0.1) is 24.5 Å². The lowest BCUT2D eigenvalue weighted by Gasteiger charge is -2.12. The minimum atomic E-state index is -0.0999. The van der Waals surface area contributed by atoms with Gasteiger partial charge >= 0.3 is 0 Å². The lowest BCUT2D eigenvalue weighted by atomic mass is 9.97. The third-order valence-corrected chi connectivity index (χ3v) is 6.03. The molecule has 2 N–H and O–H groups in total. The van der Waals surface area contributed by atoms with Crippen LogP contribution in [0.25, 0.3) is 44.2 Å². The predicted molar refractivity (Wildman–Crippen MR) is 138 cm³/mol. The standard InChI is InChI=1S/C28H26N4O3/c1-34-14-4-13-30-28(33)19-8-6-18(7-9-19)26-25(35-2)11-10-22-27(26)21-15-23(31-17-24(21)32-22)20-5-3-12-29-16-20/h3,5-12,15-17,32H,4,13-14H2,1-2H3,(H,30,33). The first-order chi connectivity index (χ1) is 17.2. The molecular formula is C28H26N4O3. The molecule has 3 heterocycles. The molecule has 2 aromatic carbocycles. The Morgan fingerprint density at radius 2 is 1.86 bits per heavy atom. The molecular weight excluding hydrogens is 440 g/mol. The quantitative estimate of drug-likeness (QED) is 0.306. The summed E-state index contributed by atoms with van der Waals surface area (Å²) in [5.74, 6) is 0.659. The van der Waals surface area contributed by atoms with Crippen molar-refractivity contribution < 1.29 is 14.3 Å². The highest BCUT2D eigenvalue weighted by Crippen LogP contribution is 2.41. The van der Waals surface area contributed by atoms with Crippen molar-refractivity contribution in [1.29, 1.82) is 0 Å². The van der Waals surface area contributed by atoms with Crippen LogP contribution in [0, 0.1) is 0 Å². The molecule has 0 saturated carbocycles. The molecule has 0 atom stereocenters. The summed E-state index contributed by atoms with van der Waals surface area (Å²) in [7, 11) is 3.32. The summed E-state index contributed by atoms with van der Waals surface area (Å²) < 4.78 is 10.8. The van der Waals surface area contributed by atoms with Crippen molar-refractivity contribution in [2.75, 3.05) is 27.4 Å². The Labute approximate surface area is 203 Å². The number of nitrogens with one attached hydrogen (secondary N) is 2. The Bertz CT molecular complexity index is 1480. The minimum absolute atomic E-state index is 0.0999. The van der Waals surface area contributed by atoms with E-state index < -0.39 is 0 Å². The number of hydrogen-bond acceptors (Lipinski definition) is 5. The number of fused-ring (bicyclic) bond motifs is 3. The molecule has 0 spiro atoms. The number of aromatic amines is 1. The van der Waals surface area contributed by atoms with Gasteiger partial charge in [0.25, 0.3) is 5.91 Å². The van der Waals surface area contributed by atoms with Gasteiger partial charge in [-0.3, -0.25) is 14.8 Å². The predicted octanol–water partition coefficient (Wildman–Crippen LogP) is 5.22. The smallest absolute Gasteiger partial charge is 0.251 e. The Balaban J connectivity index is 1.58. The summed E-state index contributed by atoms with van der Waals surface area (Å²) in [5, 5.41) is 5.02. The van der Waals surface area contributed by atoms with Gasteiger partial charge in [-0.2, -0.15) is 0 Å². The average molecular weight is 467 g/mol. The number of amides is 1. The highest BCUT2D eigenvalue weighted by Gasteiger charge is 2.17. The largest absolute Gasteiger partial charge is 0.496 e. The molecule has 3 aromatic heterocycles. The Morgan fingerprint density at radius 1 is 1.00 bits per heavy atom. The van der Waals surface area contributed by atoms with Crippen molar-refractivity contribution in [3.63, 3.8) is 0 Å². The first-order valence-corrected chi connectivity index (χ1v) is 11.5. The van der Waals surface area contributed by atoms with Gasteiger partial charge in [-0.25, -0.2) is 0 Å². The zero-order valence-corrected chi connectivity index (χ0v) is 19.7. The summed E-state index contributed by atoms with van der Waals surface area (Å²) in [6.45, 7) is 1.19. The number of hydrogen-bond donors (Lipinski definition) is 2. The van der Waals surface area contributed by atoms with Crippen LogP contribution in [-0.4, -0.2) is 48.2 Å². The van der Waals surface area contributed by atoms with E-state index in [-0.39, 0.29) is 5.91 Å². The fourth-order valence-electron chi connectivity index (χ4n) is 4.31. The van der Waals surface area contributed by atoms with Crippen molar-refractivity contribution in [2.24, 2.45) is 0 Å². The van der Waals surface area contributed by atoms with Crippen LogP contribution in [0.1, 0.15) is 16.8 Å². The van der Waals surface area contributed by atoms with E-state index in [1.165, 1.54) is 0 Å². The van der Waals surface area contributed by atoms with Crippen LogP contribution in [0.15, 0.2) is 73.2 Å². The highest BCUT2D eigenvalue weighted by molar-refractivity contribution is 6.16. The van der Waals surface area contributed by atoms with Crippen molar-refractivity contribution >= 4 is 27.7 Å². The van der Waals surface area contributed by atoms with E-state index in [0.29, 0.717) is 18.7 Å². The van der Waals surface area contributed by atoms with E-state index in [9.17, 15) is 4.79 Å². The van der Waals surface area contributed by atoms with Gasteiger partial charge in [-0.1, -0.05) is 12.1 Å². The van der Waals surface area contributed by atoms with Gasteiger partial charge in [-0.15, -0.1) is 0 Å². The summed E-state index contributed by atoms with van der Waals surface area (Å²) in [4.78, 5) is 24.8. The van der Waals surface area contributed by atoms with Crippen LogP contribution in [-0.2, 0) is 4.74 Å². The summed E-state index contributed by atoms with van der Waals surface area (Å²) >= 11 is 0. The fraction of sp³-hybridized carbons (Fsp3) is 0.179. The summed E-state index contributed by atoms with van der Waals surface area (Å²) in [6, 6.07) is 17.6. The van der Waals surface area contributed by atoms with Crippen LogP contribution in [0.5, 0.6) is 5.75 Å². The van der Waals surface area contributed by atoms with E-state index in [2.05, 4.69) is 26.3 Å². The van der Waals surface area contributed by atoms with Crippen LogP contribution < -0.4 is 10.1 Å². The second-order valence-electron chi connectivity index (χ2n) is 8.23. The molecule has 35 heavy (non-hydrogen) atoms. The number of ether oxygens (including phenoxy) is 2. The number of rotatable bonds is 8. The van der Waals surface area contributed by atoms with Crippen LogP contribution in [0.4, 0.5) is 0 Å². The lowest BCUT2D eigenvalue weighted by molar-refractivity contribution is 0.0948. The number of carbonyl (C=O) groups excluding carboxylic acids is 1. The molecule has 0 radical (unpaired) electrons. The number of carbonyl (C=O) groups is 1. The third kappa shape index (κ3) is 4.46. The number of H-pyrrole nitrogens is 1. The lowest BCUT2D eigenvalue weighted by Crippen LogP contribution is -2.25. The van der Waals surface area contributed by atoms with Crippen LogP contribution in [0.3, 0.4) is 0 Å². The van der Waals surface area contributed by atoms with Crippen molar-refractivity contribution in [3.8, 4) is 28.1 Å². The zero-order valence-electron chi connectivity index (χ0n) is 19.7. The molecule has 0 aliphatic rings. The van der Waals surface area contributed by atoms with Gasteiger partial charge < -0.3 is 19.8 Å². The maximum absolute atomic E-state index is 12.5. The maximum Gasteiger partial charge on any atom is 0.251 e. The van der Waals surface area contributed by atoms with E-state index in [4.69, 9.17) is 9.47 Å². The summed E-state index contributed by atoms with van der Waals surface area (Å²) in [6.07, 6.45) is 6.19. The molecule has 0 aliphatic heterocycles. The Hall–Kier alpha value is -4.23. The van der Waals surface area contributed by atoms with Gasteiger partial charge in [0.1, 0.15) is 5.75 Å². The Kier molecular flexibility index (Phi) is 6.41. The number of nitrogens with zero attached hydrogens (tertiary/aromatic N) is 2. The van der Waals surface area contributed by atoms with E-state index >= 15 is 0 Å². The SMILES string of the molecule is COCCCNC(=O)c1ccc(-c2c(OC)ccc3[nH]c4cnc(-c5cccnc5)cc4c23)cc1. The Morgan fingerprint density at radius 3 is 2.60 bits per heavy atom. The number of aromatic nitrogens is 3. The molecule has 0 fully saturated rings. The van der Waals surface area contributed by atoms with Crippen molar-refractivity contribution in [2.45, 2.75) is 6.42 Å².